The van der Waals surface area contributed by atoms with E-state index < -0.39 is 0 Å². The molecule has 0 bridgehead atoms. The molecule has 3 heteroatoms. The van der Waals surface area contributed by atoms with E-state index in [9.17, 15) is 0 Å². The highest BCUT2D eigenvalue weighted by atomic mass is 16.5. The van der Waals surface area contributed by atoms with Crippen LogP contribution in [0.5, 0.6) is 11.5 Å². The molecule has 0 unspecified atom stereocenters. The van der Waals surface area contributed by atoms with E-state index in [-0.39, 0.29) is 0 Å². The Bertz CT molecular complexity index is 400. The van der Waals surface area contributed by atoms with Crippen LogP contribution in [0.2, 0.25) is 0 Å². The van der Waals surface area contributed by atoms with E-state index in [1.807, 2.05) is 12.1 Å². The first-order valence-corrected chi connectivity index (χ1v) is 7.22. The summed E-state index contributed by atoms with van der Waals surface area (Å²) in [4.78, 5) is 0. The lowest BCUT2D eigenvalue weighted by Crippen LogP contribution is -2.16. The van der Waals surface area contributed by atoms with E-state index in [1.54, 1.807) is 7.11 Å². The third-order valence-corrected chi connectivity index (χ3v) is 3.38. The number of methoxy groups -OCH3 is 1. The number of hydrogen-bond donors (Lipinski definition) is 1. The summed E-state index contributed by atoms with van der Waals surface area (Å²) in [6, 6.07) is 6.81. The van der Waals surface area contributed by atoms with Crippen molar-refractivity contribution in [1.82, 2.24) is 5.32 Å². The first-order valence-electron chi connectivity index (χ1n) is 7.22. The summed E-state index contributed by atoms with van der Waals surface area (Å²) >= 11 is 0. The lowest BCUT2D eigenvalue weighted by Gasteiger charge is -2.16. The van der Waals surface area contributed by atoms with Crippen molar-refractivity contribution < 1.29 is 9.47 Å². The number of para-hydroxylation sites is 1. The van der Waals surface area contributed by atoms with Gasteiger partial charge in [0.15, 0.2) is 11.5 Å². The predicted octanol–water partition coefficient (Wildman–Crippen LogP) is 3.37. The van der Waals surface area contributed by atoms with Gasteiger partial charge in [-0.2, -0.15) is 0 Å². The van der Waals surface area contributed by atoms with Crippen LogP contribution in [0.4, 0.5) is 0 Å². The molecule has 1 saturated carbocycles. The summed E-state index contributed by atoms with van der Waals surface area (Å²) in [6.07, 6.45) is 3.66. The first kappa shape index (κ1) is 14.2. The quantitative estimate of drug-likeness (QED) is 0.780. The third-order valence-electron chi connectivity index (χ3n) is 3.38. The van der Waals surface area contributed by atoms with Crippen LogP contribution < -0.4 is 14.8 Å². The van der Waals surface area contributed by atoms with Crippen molar-refractivity contribution >= 4 is 0 Å². The van der Waals surface area contributed by atoms with Crippen LogP contribution in [-0.4, -0.2) is 19.8 Å². The van der Waals surface area contributed by atoms with Crippen LogP contribution >= 0.6 is 0 Å². The molecule has 1 aliphatic carbocycles. The van der Waals surface area contributed by atoms with Gasteiger partial charge in [0.05, 0.1) is 13.7 Å². The SMILES string of the molecule is COc1cccc(CNC2CC2)c1OCCC(C)C. The van der Waals surface area contributed by atoms with Crippen LogP contribution in [0.1, 0.15) is 38.7 Å². The van der Waals surface area contributed by atoms with Crippen LogP contribution in [0.3, 0.4) is 0 Å². The Morgan fingerprint density at radius 3 is 2.74 bits per heavy atom. The largest absolute Gasteiger partial charge is 0.493 e. The zero-order valence-corrected chi connectivity index (χ0v) is 12.2. The molecular weight excluding hydrogens is 238 g/mol. The minimum Gasteiger partial charge on any atom is -0.493 e. The van der Waals surface area contributed by atoms with Crippen molar-refractivity contribution in [3.63, 3.8) is 0 Å². The topological polar surface area (TPSA) is 30.5 Å². The predicted molar refractivity (Wildman–Crippen MR) is 77.8 cm³/mol. The third kappa shape index (κ3) is 4.43. The molecule has 1 N–H and O–H groups in total. The van der Waals surface area contributed by atoms with Gasteiger partial charge < -0.3 is 14.8 Å². The molecule has 0 radical (unpaired) electrons. The van der Waals surface area contributed by atoms with Gasteiger partial charge >= 0.3 is 0 Å². The van der Waals surface area contributed by atoms with Gasteiger partial charge in [0.25, 0.3) is 0 Å². The van der Waals surface area contributed by atoms with E-state index in [0.717, 1.165) is 31.1 Å². The second-order valence-corrected chi connectivity index (χ2v) is 5.63. The average molecular weight is 263 g/mol. The fourth-order valence-corrected chi connectivity index (χ4v) is 1.96. The van der Waals surface area contributed by atoms with Crippen molar-refractivity contribution in [2.45, 2.75) is 45.7 Å². The molecule has 1 fully saturated rings. The number of hydrogen-bond acceptors (Lipinski definition) is 3. The van der Waals surface area contributed by atoms with Crippen LogP contribution in [-0.2, 0) is 6.54 Å². The zero-order chi connectivity index (χ0) is 13.7. The Morgan fingerprint density at radius 2 is 2.11 bits per heavy atom. The van der Waals surface area contributed by atoms with Crippen LogP contribution in [0, 0.1) is 5.92 Å². The summed E-state index contributed by atoms with van der Waals surface area (Å²) in [5.74, 6) is 2.39. The van der Waals surface area contributed by atoms with Gasteiger partial charge in [0, 0.05) is 18.2 Å². The normalized spacial score (nSPS) is 14.7. The fourth-order valence-electron chi connectivity index (χ4n) is 1.96. The molecule has 3 nitrogen and oxygen atoms in total. The maximum atomic E-state index is 5.96. The number of benzene rings is 1. The van der Waals surface area contributed by atoms with Gasteiger partial charge in [-0.25, -0.2) is 0 Å². The minimum absolute atomic E-state index is 0.655. The Balaban J connectivity index is 2.01. The molecule has 1 aromatic carbocycles. The molecule has 106 valence electrons. The van der Waals surface area contributed by atoms with Crippen molar-refractivity contribution in [1.29, 1.82) is 0 Å². The van der Waals surface area contributed by atoms with Crippen LogP contribution in [0.25, 0.3) is 0 Å². The van der Waals surface area contributed by atoms with Crippen molar-refractivity contribution in [3.8, 4) is 11.5 Å². The van der Waals surface area contributed by atoms with E-state index in [2.05, 4.69) is 25.2 Å². The average Bonchev–Trinajstić information content (AvgIpc) is 3.20. The maximum absolute atomic E-state index is 5.96. The number of nitrogens with one attached hydrogen (secondary N) is 1. The summed E-state index contributed by atoms with van der Waals surface area (Å²) in [7, 11) is 1.70. The highest BCUT2D eigenvalue weighted by Gasteiger charge is 2.21. The molecule has 0 spiro atoms. The summed E-state index contributed by atoms with van der Waals surface area (Å²) in [5.41, 5.74) is 1.19. The second-order valence-electron chi connectivity index (χ2n) is 5.63. The fraction of sp³-hybridized carbons (Fsp3) is 0.625. The van der Waals surface area contributed by atoms with Gasteiger partial charge in [-0.3, -0.25) is 0 Å². The molecule has 2 rings (SSSR count). The van der Waals surface area contributed by atoms with E-state index in [0.29, 0.717) is 12.0 Å². The molecule has 19 heavy (non-hydrogen) atoms. The van der Waals surface area contributed by atoms with Gasteiger partial charge in [-0.1, -0.05) is 26.0 Å². The number of ether oxygens (including phenoxy) is 2. The lowest BCUT2D eigenvalue weighted by molar-refractivity contribution is 0.269. The molecule has 0 aliphatic heterocycles. The van der Waals surface area contributed by atoms with Gasteiger partial charge in [-0.15, -0.1) is 0 Å². The highest BCUT2D eigenvalue weighted by molar-refractivity contribution is 5.46. The Hall–Kier alpha value is -1.22. The molecule has 0 amide bonds. The van der Waals surface area contributed by atoms with E-state index in [1.165, 1.54) is 18.4 Å². The molecular formula is C16H25NO2. The van der Waals surface area contributed by atoms with Crippen molar-refractivity contribution in [2.75, 3.05) is 13.7 Å². The molecule has 0 heterocycles. The monoisotopic (exact) mass is 263 g/mol. The second kappa shape index (κ2) is 6.80. The Labute approximate surface area is 116 Å². The van der Waals surface area contributed by atoms with Crippen molar-refractivity contribution in [3.05, 3.63) is 23.8 Å². The van der Waals surface area contributed by atoms with Crippen molar-refractivity contribution in [2.24, 2.45) is 5.92 Å². The Kier molecular flexibility index (Phi) is 5.08. The molecule has 1 aliphatic rings. The minimum atomic E-state index is 0.655. The molecule has 0 saturated heterocycles. The van der Waals surface area contributed by atoms with Gasteiger partial charge in [-0.05, 0) is 31.2 Å². The number of rotatable bonds is 8. The Morgan fingerprint density at radius 1 is 1.32 bits per heavy atom. The highest BCUT2D eigenvalue weighted by Crippen LogP contribution is 2.32. The van der Waals surface area contributed by atoms with Gasteiger partial charge in [0.2, 0.25) is 0 Å². The van der Waals surface area contributed by atoms with Gasteiger partial charge in [0.1, 0.15) is 0 Å². The lowest BCUT2D eigenvalue weighted by atomic mass is 10.1. The van der Waals surface area contributed by atoms with E-state index in [4.69, 9.17) is 9.47 Å². The summed E-state index contributed by atoms with van der Waals surface area (Å²) in [6.45, 7) is 6.02. The zero-order valence-electron chi connectivity index (χ0n) is 12.2. The maximum Gasteiger partial charge on any atom is 0.165 e. The first-order chi connectivity index (χ1) is 9.20. The standard InChI is InChI=1S/C16H25NO2/c1-12(2)9-10-19-16-13(11-17-14-7-8-14)5-4-6-15(16)18-3/h4-6,12,14,17H,7-11H2,1-3H3. The summed E-state index contributed by atoms with van der Waals surface area (Å²) in [5, 5.41) is 3.53. The molecule has 1 aromatic rings. The molecule has 0 atom stereocenters. The van der Waals surface area contributed by atoms with Crippen LogP contribution in [0.15, 0.2) is 18.2 Å². The van der Waals surface area contributed by atoms with E-state index >= 15 is 0 Å². The summed E-state index contributed by atoms with van der Waals surface area (Å²) < 4.78 is 11.4. The molecule has 0 aromatic heterocycles. The smallest absolute Gasteiger partial charge is 0.165 e.